The molecular formula is C38H62N7O17P. The molecule has 4 rings (SSSR count). The summed E-state index contributed by atoms with van der Waals surface area (Å²) in [5.74, 6) is -2.77. The number of esters is 3. The molecule has 2 aromatic rings. The monoisotopic (exact) mass is 919 g/mol. The van der Waals surface area contributed by atoms with Crippen LogP contribution in [0.15, 0.2) is 11.1 Å². The molecule has 24 nitrogen and oxygen atoms in total. The number of aliphatic hydroxyl groups excluding tert-OH is 3. The number of nitrogens with zero attached hydrogens (tertiary/aromatic N) is 4. The predicted octanol–water partition coefficient (Wildman–Crippen LogP) is -1.34. The lowest BCUT2D eigenvalue weighted by Gasteiger charge is -2.48. The Bertz CT molecular complexity index is 1880. The Balaban J connectivity index is 1.33. The number of aliphatic hydroxyl groups is 3. The van der Waals surface area contributed by atoms with Crippen molar-refractivity contribution in [3.63, 3.8) is 0 Å². The molecule has 2 saturated heterocycles. The number of nitrogen functional groups attached to an aromatic ring is 1. The summed E-state index contributed by atoms with van der Waals surface area (Å²) in [6, 6.07) is -1.29. The molecule has 0 bridgehead atoms. The van der Waals surface area contributed by atoms with Gasteiger partial charge in [0.2, 0.25) is 17.3 Å². The maximum Gasteiger partial charge on any atom is 0.303 e. The smallest absolute Gasteiger partial charge is 0.303 e. The molecule has 2 fully saturated rings. The fraction of sp³-hybridized carbons (Fsp3) is 0.763. The van der Waals surface area contributed by atoms with Crippen molar-refractivity contribution in [2.75, 3.05) is 71.4 Å². The number of carbonyl (C=O) groups is 4. The first-order chi connectivity index (χ1) is 29.8. The fourth-order valence-corrected chi connectivity index (χ4v) is 11.0. The molecule has 0 radical (unpaired) electrons. The number of rotatable bonds is 24. The van der Waals surface area contributed by atoms with E-state index in [9.17, 15) is 39.3 Å². The number of nitrogens with one attached hydrogen (secondary N) is 2. The summed E-state index contributed by atoms with van der Waals surface area (Å²) < 4.78 is 55.2. The molecule has 2 aliphatic heterocycles. The van der Waals surface area contributed by atoms with Gasteiger partial charge in [-0.05, 0) is 27.7 Å². The molecule has 2 aromatic heterocycles. The highest BCUT2D eigenvalue weighted by Crippen LogP contribution is 2.63. The summed E-state index contributed by atoms with van der Waals surface area (Å²) in [7, 11) is -1.67. The third-order valence-electron chi connectivity index (χ3n) is 9.84. The summed E-state index contributed by atoms with van der Waals surface area (Å²) in [5.41, 5.74) is 3.56. The van der Waals surface area contributed by atoms with Crippen molar-refractivity contribution in [2.45, 2.75) is 122 Å². The number of H-pyrrole nitrogens is 1. The third-order valence-corrected chi connectivity index (χ3v) is 13.3. The number of ether oxygens (including phenoxy) is 9. The van der Waals surface area contributed by atoms with Crippen molar-refractivity contribution in [3.8, 4) is 0 Å². The zero-order valence-corrected chi connectivity index (χ0v) is 37.7. The van der Waals surface area contributed by atoms with Crippen LogP contribution in [0.3, 0.4) is 0 Å². The van der Waals surface area contributed by atoms with Gasteiger partial charge in [0.25, 0.3) is 5.56 Å². The van der Waals surface area contributed by atoms with Crippen LogP contribution in [0, 0.1) is 0 Å². The van der Waals surface area contributed by atoms with E-state index in [1.165, 1.54) is 24.7 Å². The Morgan fingerprint density at radius 1 is 0.921 bits per heavy atom. The largest absolute Gasteiger partial charge is 0.463 e. The van der Waals surface area contributed by atoms with Gasteiger partial charge >= 0.3 is 17.9 Å². The van der Waals surface area contributed by atoms with E-state index in [0.29, 0.717) is 6.16 Å². The summed E-state index contributed by atoms with van der Waals surface area (Å²) in [6.45, 7) is 12.6. The molecule has 0 aliphatic carbocycles. The van der Waals surface area contributed by atoms with Crippen molar-refractivity contribution in [1.29, 1.82) is 0 Å². The third kappa shape index (κ3) is 13.1. The lowest BCUT2D eigenvalue weighted by Crippen LogP contribution is -2.66. The van der Waals surface area contributed by atoms with E-state index in [2.05, 4.69) is 24.9 Å². The van der Waals surface area contributed by atoms with E-state index in [4.69, 9.17) is 48.4 Å². The number of aromatic nitrogens is 4. The summed E-state index contributed by atoms with van der Waals surface area (Å²) in [5, 5.41) is 35.8. The van der Waals surface area contributed by atoms with Crippen LogP contribution in [-0.4, -0.2) is 190 Å². The van der Waals surface area contributed by atoms with Crippen molar-refractivity contribution >= 4 is 49.0 Å². The molecule has 1 amide bonds. The van der Waals surface area contributed by atoms with Gasteiger partial charge in [-0.1, -0.05) is 0 Å². The van der Waals surface area contributed by atoms with Crippen LogP contribution in [0.2, 0.25) is 0 Å². The molecule has 10 atom stereocenters. The van der Waals surface area contributed by atoms with Gasteiger partial charge in [0.05, 0.1) is 52.9 Å². The maximum atomic E-state index is 12.8. The van der Waals surface area contributed by atoms with Crippen molar-refractivity contribution < 1.29 is 77.1 Å². The van der Waals surface area contributed by atoms with Gasteiger partial charge < -0.3 is 69.0 Å². The first kappa shape index (κ1) is 51.7. The Morgan fingerprint density at radius 2 is 1.51 bits per heavy atom. The van der Waals surface area contributed by atoms with Gasteiger partial charge in [0, 0.05) is 54.0 Å². The standard InChI is InChI=1S/C38H62N7O17P/c1-20(2)45(21(3)4)63(38(33(52)30(51)26(17-46)62-38)44-19-40-29-34(44)42-37(39)43-35(29)53)16-15-56-12-11-54-9-10-55-13-14-57-36-28(41-22(5)47)32(60-25(8)50)31(59-24(7)49)27(61-36)18-58-23(6)48/h19-21,26-28,30-33,36,46,51-52H,9-18H2,1-8H3,(H,41,47)(H3,39,42,43,53)/t26-,27-,28-,30-,31+,32-,33-,36-,38+,63?/m1/s1. The Hall–Kier alpha value is -3.94. The number of hydrogen-bond acceptors (Lipinski definition) is 21. The summed E-state index contributed by atoms with van der Waals surface area (Å²) in [6.07, 6.45) is -7.45. The average molecular weight is 920 g/mol. The van der Waals surface area contributed by atoms with Gasteiger partial charge in [0.1, 0.15) is 43.4 Å². The Morgan fingerprint density at radius 3 is 2.05 bits per heavy atom. The molecule has 1 unspecified atom stereocenters. The second kappa shape index (κ2) is 23.8. The number of hydrogen-bond donors (Lipinski definition) is 6. The van der Waals surface area contributed by atoms with Gasteiger partial charge in [-0.3, -0.25) is 38.2 Å². The van der Waals surface area contributed by atoms with Crippen molar-refractivity contribution in [3.05, 3.63) is 16.7 Å². The number of fused-ring (bicyclic) bond motifs is 1. The Kier molecular flexibility index (Phi) is 19.6. The molecule has 4 heterocycles. The first-order valence-electron chi connectivity index (χ1n) is 20.5. The van der Waals surface area contributed by atoms with Crippen LogP contribution in [0.5, 0.6) is 0 Å². The fourth-order valence-electron chi connectivity index (χ4n) is 7.58. The van der Waals surface area contributed by atoms with E-state index < -0.39 is 98.5 Å². The minimum atomic E-state index is -1.74. The van der Waals surface area contributed by atoms with Gasteiger partial charge in [0.15, 0.2) is 29.7 Å². The zero-order valence-electron chi connectivity index (χ0n) is 36.8. The Labute approximate surface area is 365 Å². The molecule has 25 heteroatoms. The number of aromatic amines is 1. The number of amides is 1. The normalized spacial score (nSPS) is 26.6. The lowest BCUT2D eigenvalue weighted by molar-refractivity contribution is -0.279. The van der Waals surface area contributed by atoms with E-state index in [1.807, 2.05) is 27.7 Å². The number of carbonyl (C=O) groups excluding carboxylic acids is 4. The van der Waals surface area contributed by atoms with Crippen molar-refractivity contribution in [2.24, 2.45) is 0 Å². The molecule has 0 aromatic carbocycles. The summed E-state index contributed by atoms with van der Waals surface area (Å²) >= 11 is 0. The van der Waals surface area contributed by atoms with Crippen LogP contribution in [0.1, 0.15) is 55.4 Å². The predicted molar refractivity (Wildman–Crippen MR) is 221 cm³/mol. The molecule has 7 N–H and O–H groups in total. The second-order valence-corrected chi connectivity index (χ2v) is 17.6. The molecule has 2 aliphatic rings. The molecular weight excluding hydrogens is 857 g/mol. The number of anilines is 1. The molecule has 356 valence electrons. The highest BCUT2D eigenvalue weighted by atomic mass is 31.1. The topological polar surface area (TPSA) is 317 Å². The minimum absolute atomic E-state index is 0.0350. The minimum Gasteiger partial charge on any atom is -0.463 e. The van der Waals surface area contributed by atoms with E-state index in [1.54, 1.807) is 0 Å². The van der Waals surface area contributed by atoms with Gasteiger partial charge in [-0.15, -0.1) is 0 Å². The average Bonchev–Trinajstić information content (AvgIpc) is 3.73. The van der Waals surface area contributed by atoms with E-state index in [0.717, 1.165) is 13.8 Å². The SMILES string of the molecule is CC(=O)N[C@H]1[C@H](OCCOCCOCCOCCP(N(C(C)C)C(C)C)[C@@]2(n3cnc4c(=O)[nH]c(N)nc43)O[C@H](CO)[C@@H](O)[C@H]2O)O[C@H](COC(C)=O)[C@H](OC(C)=O)[C@@H]1OC(C)=O. The van der Waals surface area contributed by atoms with E-state index in [-0.39, 0.29) is 82.1 Å². The van der Waals surface area contributed by atoms with Crippen LogP contribution >= 0.6 is 8.07 Å². The highest BCUT2D eigenvalue weighted by molar-refractivity contribution is 7.56. The highest BCUT2D eigenvalue weighted by Gasteiger charge is 2.62. The van der Waals surface area contributed by atoms with E-state index >= 15 is 0 Å². The van der Waals surface area contributed by atoms with Gasteiger partial charge in [-0.25, -0.2) is 4.98 Å². The number of imidazole rings is 1. The molecule has 0 saturated carbocycles. The maximum absolute atomic E-state index is 12.8. The quantitative estimate of drug-likeness (QED) is 0.0307. The molecule has 63 heavy (non-hydrogen) atoms. The molecule has 0 spiro atoms. The first-order valence-corrected chi connectivity index (χ1v) is 22.0. The lowest BCUT2D eigenvalue weighted by atomic mass is 9.96. The van der Waals surface area contributed by atoms with Crippen LogP contribution in [0.25, 0.3) is 11.2 Å². The van der Waals surface area contributed by atoms with Crippen LogP contribution < -0.4 is 16.6 Å². The summed E-state index contributed by atoms with van der Waals surface area (Å²) in [4.78, 5) is 71.5. The number of nitrogens with two attached hydrogens (primary N) is 1. The van der Waals surface area contributed by atoms with Crippen molar-refractivity contribution in [1.82, 2.24) is 29.5 Å². The van der Waals surface area contributed by atoms with Crippen LogP contribution in [-0.2, 0) is 67.3 Å². The second-order valence-electron chi connectivity index (χ2n) is 15.3. The van der Waals surface area contributed by atoms with Crippen LogP contribution in [0.4, 0.5) is 5.95 Å². The zero-order chi connectivity index (χ0) is 46.6. The van der Waals surface area contributed by atoms with Gasteiger partial charge in [-0.2, -0.15) is 4.98 Å².